The Morgan fingerprint density at radius 2 is 0.778 bits per heavy atom. The molecule has 0 atom stereocenters. The van der Waals surface area contributed by atoms with Crippen LogP contribution in [0.5, 0.6) is 0 Å². The predicted octanol–water partition coefficient (Wildman–Crippen LogP) is -2.86. The molecule has 0 aromatic carbocycles. The SMILES string of the molecule is [Ni+2].[O]=[V](=[O])[O-].[O]=[V](=[O])[O-]. The molecule has 0 N–H and O–H groups in total. The van der Waals surface area contributed by atoms with E-state index in [4.69, 9.17) is 22.8 Å². The third kappa shape index (κ3) is 660. The van der Waals surface area contributed by atoms with E-state index in [0.29, 0.717) is 0 Å². The molecule has 0 aromatic rings. The van der Waals surface area contributed by atoms with Gasteiger partial charge in [0.25, 0.3) is 0 Å². The first-order valence-corrected chi connectivity index (χ1v) is 4.52. The molecule has 0 spiro atoms. The molecule has 0 bridgehead atoms. The van der Waals surface area contributed by atoms with Gasteiger partial charge in [-0.05, 0) is 0 Å². The van der Waals surface area contributed by atoms with Crippen molar-refractivity contribution >= 4 is 0 Å². The van der Waals surface area contributed by atoms with Crippen LogP contribution < -0.4 is 8.06 Å². The molecule has 0 aromatic heterocycles. The van der Waals surface area contributed by atoms with Crippen LogP contribution in [0.4, 0.5) is 0 Å². The zero-order chi connectivity index (χ0) is 7.15. The van der Waals surface area contributed by atoms with Gasteiger partial charge in [0.15, 0.2) is 0 Å². The maximum absolute atomic E-state index is 8.56. The van der Waals surface area contributed by atoms with Crippen molar-refractivity contribution in [2.75, 3.05) is 0 Å². The molecule has 0 saturated heterocycles. The van der Waals surface area contributed by atoms with Crippen LogP contribution in [0.15, 0.2) is 0 Å². The van der Waals surface area contributed by atoms with Crippen LogP contribution in [0.3, 0.4) is 0 Å². The van der Waals surface area contributed by atoms with Crippen molar-refractivity contribution in [1.82, 2.24) is 0 Å². The topological polar surface area (TPSA) is 114 Å². The van der Waals surface area contributed by atoms with E-state index in [1.807, 2.05) is 0 Å². The van der Waals surface area contributed by atoms with Gasteiger partial charge in [-0.3, -0.25) is 0 Å². The van der Waals surface area contributed by atoms with E-state index in [0.717, 1.165) is 0 Å². The summed E-state index contributed by atoms with van der Waals surface area (Å²) in [5.74, 6) is 0. The van der Waals surface area contributed by atoms with Gasteiger partial charge in [-0.1, -0.05) is 0 Å². The van der Waals surface area contributed by atoms with Crippen LogP contribution >= 0.6 is 0 Å². The molecule has 0 rings (SSSR count). The van der Waals surface area contributed by atoms with Crippen LogP contribution in [0.25, 0.3) is 0 Å². The van der Waals surface area contributed by atoms with Gasteiger partial charge >= 0.3 is 70.1 Å². The van der Waals surface area contributed by atoms with Gasteiger partial charge in [0.2, 0.25) is 0 Å². The van der Waals surface area contributed by atoms with E-state index in [2.05, 4.69) is 0 Å². The molecule has 56 valence electrons. The van der Waals surface area contributed by atoms with E-state index in [1.54, 1.807) is 0 Å². The van der Waals surface area contributed by atoms with Gasteiger partial charge in [0, 0.05) is 0 Å². The Morgan fingerprint density at radius 1 is 0.778 bits per heavy atom. The molecular weight excluding hydrogens is 257 g/mol. The van der Waals surface area contributed by atoms with Crippen LogP contribution in [-0.2, 0) is 62.0 Å². The van der Waals surface area contributed by atoms with Crippen LogP contribution in [-0.4, -0.2) is 0 Å². The van der Waals surface area contributed by atoms with Gasteiger partial charge in [0.05, 0.1) is 0 Å². The first-order valence-electron chi connectivity index (χ1n) is 1.10. The second-order valence-corrected chi connectivity index (χ2v) is 1.84. The van der Waals surface area contributed by atoms with Crippen molar-refractivity contribution in [2.24, 2.45) is 0 Å². The minimum atomic E-state index is -3.94. The molecule has 0 heterocycles. The standard InChI is InChI=1S/Ni.6O.2V/q+2;;;;;2*-1;;. The Labute approximate surface area is 69.9 Å². The zero-order valence-corrected chi connectivity index (χ0v) is 7.44. The third-order valence-corrected chi connectivity index (χ3v) is 0. The Kier molecular flexibility index (Phi) is 21.1. The molecule has 9 heteroatoms. The Balaban J connectivity index is -0.0000000720. The molecular formula is NiO6V2. The van der Waals surface area contributed by atoms with Gasteiger partial charge < -0.3 is 0 Å². The summed E-state index contributed by atoms with van der Waals surface area (Å²) in [5, 5.41) is 0. The fraction of sp³-hybridized carbons (Fsp3) is 0. The fourth-order valence-electron chi connectivity index (χ4n) is 0. The van der Waals surface area contributed by atoms with Crippen molar-refractivity contribution in [3.05, 3.63) is 0 Å². The zero-order valence-electron chi connectivity index (χ0n) is 3.66. The summed E-state index contributed by atoms with van der Waals surface area (Å²) in [4.78, 5) is 0. The molecule has 0 amide bonds. The van der Waals surface area contributed by atoms with Crippen LogP contribution in [0.1, 0.15) is 0 Å². The van der Waals surface area contributed by atoms with E-state index < -0.39 is 30.8 Å². The second kappa shape index (κ2) is 11.6. The number of rotatable bonds is 0. The molecule has 0 radical (unpaired) electrons. The van der Waals surface area contributed by atoms with Crippen molar-refractivity contribution in [1.29, 1.82) is 0 Å². The second-order valence-electron chi connectivity index (χ2n) is 0.447. The summed E-state index contributed by atoms with van der Waals surface area (Å²) in [6.45, 7) is 0. The van der Waals surface area contributed by atoms with Crippen LogP contribution in [0, 0.1) is 0 Å². The van der Waals surface area contributed by atoms with E-state index in [-0.39, 0.29) is 16.5 Å². The summed E-state index contributed by atoms with van der Waals surface area (Å²) >= 11 is -7.88. The maximum atomic E-state index is 8.56. The molecule has 9 heavy (non-hydrogen) atoms. The van der Waals surface area contributed by atoms with E-state index in [9.17, 15) is 0 Å². The summed E-state index contributed by atoms with van der Waals surface area (Å²) in [6.07, 6.45) is 0. The Morgan fingerprint density at radius 3 is 0.778 bits per heavy atom. The molecule has 0 aliphatic carbocycles. The quantitative estimate of drug-likeness (QED) is 0.431. The van der Waals surface area contributed by atoms with Gasteiger partial charge in [-0.2, -0.15) is 0 Å². The normalized spacial score (nSPS) is 5.56. The van der Waals surface area contributed by atoms with E-state index >= 15 is 0 Å². The van der Waals surface area contributed by atoms with Crippen molar-refractivity contribution in [3.8, 4) is 0 Å². The van der Waals surface area contributed by atoms with Gasteiger partial charge in [-0.25, -0.2) is 0 Å². The van der Waals surface area contributed by atoms with Crippen molar-refractivity contribution in [3.63, 3.8) is 0 Å². The minimum absolute atomic E-state index is 0. The van der Waals surface area contributed by atoms with Gasteiger partial charge in [0.1, 0.15) is 0 Å². The summed E-state index contributed by atoms with van der Waals surface area (Å²) in [6, 6.07) is 0. The monoisotopic (exact) mass is 256 g/mol. The predicted molar refractivity (Wildman–Crippen MR) is 2.75 cm³/mol. The molecule has 0 aliphatic rings. The Hall–Kier alpha value is 0.782. The molecule has 0 unspecified atom stereocenters. The Bertz CT molecular complexity index is 128. The summed E-state index contributed by atoms with van der Waals surface area (Å²) in [5.41, 5.74) is 0. The number of hydrogen-bond donors (Lipinski definition) is 0. The molecule has 0 aliphatic heterocycles. The fourth-order valence-corrected chi connectivity index (χ4v) is 0. The third-order valence-electron chi connectivity index (χ3n) is 0. The van der Waals surface area contributed by atoms with E-state index in [1.165, 1.54) is 0 Å². The molecule has 0 saturated carbocycles. The van der Waals surface area contributed by atoms with Crippen molar-refractivity contribution < 1.29 is 70.1 Å². The average Bonchev–Trinajstić information content (AvgIpc) is 1.25. The first kappa shape index (κ1) is 16.4. The number of hydrogen-bond acceptors (Lipinski definition) is 6. The summed E-state index contributed by atoms with van der Waals surface area (Å²) < 4.78 is 51.4. The van der Waals surface area contributed by atoms with Crippen LogP contribution in [0.2, 0.25) is 0 Å². The molecule has 6 nitrogen and oxygen atoms in total. The average molecular weight is 257 g/mol. The van der Waals surface area contributed by atoms with Gasteiger partial charge in [-0.15, -0.1) is 0 Å². The first-order chi connectivity index (χ1) is 3.46. The van der Waals surface area contributed by atoms with Crippen molar-refractivity contribution in [2.45, 2.75) is 0 Å². The molecule has 0 fully saturated rings. The summed E-state index contributed by atoms with van der Waals surface area (Å²) in [7, 11) is 0.